The molecule has 160 valence electrons. The zero-order chi connectivity index (χ0) is 21.6. The van der Waals surface area contributed by atoms with Crippen molar-refractivity contribution in [2.24, 2.45) is 0 Å². The molecule has 0 unspecified atom stereocenters. The molecule has 1 N–H and O–H groups in total. The molecular formula is C23H28N2O4S. The summed E-state index contributed by atoms with van der Waals surface area (Å²) in [7, 11) is -3.61. The molecule has 2 aromatic rings. The molecule has 0 atom stereocenters. The van der Waals surface area contributed by atoms with Crippen molar-refractivity contribution in [2.75, 3.05) is 18.4 Å². The number of benzene rings is 2. The molecule has 1 fully saturated rings. The first kappa shape index (κ1) is 22.1. The molecule has 1 heterocycles. The van der Waals surface area contributed by atoms with Gasteiger partial charge in [0.05, 0.1) is 16.7 Å². The predicted octanol–water partition coefficient (Wildman–Crippen LogP) is 4.30. The number of hydrogen-bond donors (Lipinski definition) is 1. The zero-order valence-electron chi connectivity index (χ0n) is 17.4. The summed E-state index contributed by atoms with van der Waals surface area (Å²) in [5.41, 5.74) is 1.23. The maximum Gasteiger partial charge on any atom is 0.248 e. The van der Waals surface area contributed by atoms with Crippen molar-refractivity contribution in [1.82, 2.24) is 4.31 Å². The second-order valence-electron chi connectivity index (χ2n) is 7.52. The van der Waals surface area contributed by atoms with E-state index in [-0.39, 0.29) is 16.9 Å². The Kier molecular flexibility index (Phi) is 7.29. The Morgan fingerprint density at radius 1 is 1.07 bits per heavy atom. The maximum atomic E-state index is 13.0. The van der Waals surface area contributed by atoms with Crippen LogP contribution in [0.25, 0.3) is 6.08 Å². The van der Waals surface area contributed by atoms with E-state index >= 15 is 0 Å². The number of nitrogens with one attached hydrogen (secondary N) is 1. The highest BCUT2D eigenvalue weighted by Crippen LogP contribution is 2.31. The minimum absolute atomic E-state index is 0.120. The van der Waals surface area contributed by atoms with Gasteiger partial charge in [-0.25, -0.2) is 8.42 Å². The van der Waals surface area contributed by atoms with Crippen LogP contribution in [0.15, 0.2) is 59.5 Å². The molecule has 0 radical (unpaired) electrons. The Balaban J connectivity index is 1.85. The molecule has 0 aliphatic carbocycles. The highest BCUT2D eigenvalue weighted by Gasteiger charge is 2.27. The average molecular weight is 429 g/mol. The van der Waals surface area contributed by atoms with E-state index in [1.165, 1.54) is 22.5 Å². The van der Waals surface area contributed by atoms with Crippen LogP contribution in [0.4, 0.5) is 5.69 Å². The molecule has 0 saturated carbocycles. The van der Waals surface area contributed by atoms with Crippen molar-refractivity contribution >= 4 is 27.7 Å². The second-order valence-corrected chi connectivity index (χ2v) is 9.46. The monoisotopic (exact) mass is 428 g/mol. The van der Waals surface area contributed by atoms with Crippen LogP contribution in [0.2, 0.25) is 0 Å². The predicted molar refractivity (Wildman–Crippen MR) is 119 cm³/mol. The van der Waals surface area contributed by atoms with Crippen LogP contribution in [-0.4, -0.2) is 37.8 Å². The average Bonchev–Trinajstić information content (AvgIpc) is 2.74. The number of nitrogens with zero attached hydrogens (tertiary/aromatic N) is 1. The van der Waals surface area contributed by atoms with E-state index in [1.54, 1.807) is 12.1 Å². The summed E-state index contributed by atoms with van der Waals surface area (Å²) >= 11 is 0. The van der Waals surface area contributed by atoms with Crippen molar-refractivity contribution in [1.29, 1.82) is 0 Å². The fraction of sp³-hybridized carbons (Fsp3) is 0.348. The lowest BCUT2D eigenvalue weighted by atomic mass is 10.2. The van der Waals surface area contributed by atoms with E-state index in [9.17, 15) is 13.2 Å². The third kappa shape index (κ3) is 5.70. The first-order valence-corrected chi connectivity index (χ1v) is 11.7. The van der Waals surface area contributed by atoms with Crippen LogP contribution in [0.5, 0.6) is 5.75 Å². The molecule has 1 aliphatic rings. The molecule has 30 heavy (non-hydrogen) atoms. The molecule has 1 amide bonds. The van der Waals surface area contributed by atoms with E-state index in [4.69, 9.17) is 4.74 Å². The summed E-state index contributed by atoms with van der Waals surface area (Å²) in [4.78, 5) is 12.6. The van der Waals surface area contributed by atoms with E-state index in [0.717, 1.165) is 24.8 Å². The van der Waals surface area contributed by atoms with Crippen LogP contribution < -0.4 is 10.1 Å². The van der Waals surface area contributed by atoms with Gasteiger partial charge in [-0.2, -0.15) is 4.31 Å². The number of hydrogen-bond acceptors (Lipinski definition) is 4. The van der Waals surface area contributed by atoms with E-state index in [1.807, 2.05) is 44.2 Å². The lowest BCUT2D eigenvalue weighted by Crippen LogP contribution is -2.35. The molecule has 0 spiro atoms. The standard InChI is InChI=1S/C23H28N2O4S/c1-18(2)29-22-13-12-20(30(27,28)25-15-7-4-8-16-25)17-21(22)24-23(26)14-11-19-9-5-3-6-10-19/h3,5-6,9-14,17-18H,4,7-8,15-16H2,1-2H3,(H,24,26). The first-order valence-electron chi connectivity index (χ1n) is 10.2. The molecule has 0 bridgehead atoms. The molecule has 1 aliphatic heterocycles. The number of piperidine rings is 1. The van der Waals surface area contributed by atoms with Crippen LogP contribution in [-0.2, 0) is 14.8 Å². The fourth-order valence-electron chi connectivity index (χ4n) is 3.29. The quantitative estimate of drug-likeness (QED) is 0.667. The van der Waals surface area contributed by atoms with Crippen LogP contribution in [0.1, 0.15) is 38.7 Å². The van der Waals surface area contributed by atoms with Crippen LogP contribution in [0.3, 0.4) is 0 Å². The number of amides is 1. The largest absolute Gasteiger partial charge is 0.489 e. The molecular weight excluding hydrogens is 400 g/mol. The molecule has 1 saturated heterocycles. The first-order chi connectivity index (χ1) is 14.4. The van der Waals surface area contributed by atoms with Gasteiger partial charge in [-0.1, -0.05) is 36.8 Å². The van der Waals surface area contributed by atoms with Crippen molar-refractivity contribution in [3.05, 3.63) is 60.2 Å². The summed E-state index contributed by atoms with van der Waals surface area (Å²) in [6.45, 7) is 4.79. The normalized spacial score (nSPS) is 15.4. The summed E-state index contributed by atoms with van der Waals surface area (Å²) in [5, 5.41) is 2.77. The Morgan fingerprint density at radius 2 is 1.77 bits per heavy atom. The summed E-state index contributed by atoms with van der Waals surface area (Å²) < 4.78 is 33.3. The maximum absolute atomic E-state index is 13.0. The number of rotatable bonds is 7. The third-order valence-corrected chi connectivity index (χ3v) is 6.65. The molecule has 3 rings (SSSR count). The van der Waals surface area contributed by atoms with Gasteiger partial charge in [-0.15, -0.1) is 0 Å². The summed E-state index contributed by atoms with van der Waals surface area (Å²) in [6.07, 6.45) is 5.77. The third-order valence-electron chi connectivity index (χ3n) is 4.75. The van der Waals surface area contributed by atoms with Crippen LogP contribution in [0, 0.1) is 0 Å². The van der Waals surface area contributed by atoms with Gasteiger partial charge in [0.15, 0.2) is 0 Å². The van der Waals surface area contributed by atoms with Crippen molar-refractivity contribution in [3.8, 4) is 5.75 Å². The van der Waals surface area contributed by atoms with Gasteiger partial charge in [0.25, 0.3) is 0 Å². The number of carbonyl (C=O) groups excluding carboxylic acids is 1. The van der Waals surface area contributed by atoms with Crippen molar-refractivity contribution in [2.45, 2.75) is 44.1 Å². The van der Waals surface area contributed by atoms with E-state index in [2.05, 4.69) is 5.32 Å². The zero-order valence-corrected chi connectivity index (χ0v) is 18.2. The summed E-state index contributed by atoms with van der Waals surface area (Å²) in [5.74, 6) is 0.0732. The Labute approximate surface area is 178 Å². The summed E-state index contributed by atoms with van der Waals surface area (Å²) in [6, 6.07) is 14.1. The molecule has 7 heteroatoms. The van der Waals surface area contributed by atoms with Gasteiger partial charge >= 0.3 is 0 Å². The minimum Gasteiger partial charge on any atom is -0.489 e. The van der Waals surface area contributed by atoms with Crippen molar-refractivity contribution in [3.63, 3.8) is 0 Å². The Hall–Kier alpha value is -2.64. The number of anilines is 1. The SMILES string of the molecule is CC(C)Oc1ccc(S(=O)(=O)N2CCCCC2)cc1NC(=O)C=Cc1ccccc1. The van der Waals surface area contributed by atoms with E-state index in [0.29, 0.717) is 24.5 Å². The Morgan fingerprint density at radius 3 is 2.43 bits per heavy atom. The number of ether oxygens (including phenoxy) is 1. The molecule has 0 aromatic heterocycles. The minimum atomic E-state index is -3.61. The van der Waals surface area contributed by atoms with Gasteiger partial charge in [0.2, 0.25) is 15.9 Å². The molecule has 2 aromatic carbocycles. The number of sulfonamides is 1. The highest BCUT2D eigenvalue weighted by atomic mass is 32.2. The van der Waals surface area contributed by atoms with Gasteiger partial charge in [-0.05, 0) is 56.5 Å². The van der Waals surface area contributed by atoms with Gasteiger partial charge in [0.1, 0.15) is 5.75 Å². The van der Waals surface area contributed by atoms with Gasteiger partial charge < -0.3 is 10.1 Å². The lowest BCUT2D eigenvalue weighted by molar-refractivity contribution is -0.111. The van der Waals surface area contributed by atoms with Crippen LogP contribution >= 0.6 is 0 Å². The number of carbonyl (C=O) groups is 1. The van der Waals surface area contributed by atoms with E-state index < -0.39 is 10.0 Å². The van der Waals surface area contributed by atoms with Gasteiger partial charge in [-0.3, -0.25) is 4.79 Å². The van der Waals surface area contributed by atoms with Crippen molar-refractivity contribution < 1.29 is 17.9 Å². The smallest absolute Gasteiger partial charge is 0.248 e. The highest BCUT2D eigenvalue weighted by molar-refractivity contribution is 7.89. The van der Waals surface area contributed by atoms with Gasteiger partial charge in [0, 0.05) is 19.2 Å². The topological polar surface area (TPSA) is 75.7 Å². The lowest BCUT2D eigenvalue weighted by Gasteiger charge is -2.26. The molecule has 6 nitrogen and oxygen atoms in total. The second kappa shape index (κ2) is 9.91. The Bertz CT molecular complexity index is 995. The fourth-order valence-corrected chi connectivity index (χ4v) is 4.83.